The Labute approximate surface area is 100 Å². The van der Waals surface area contributed by atoms with Crippen molar-refractivity contribution >= 4 is 6.29 Å². The van der Waals surface area contributed by atoms with Crippen LogP contribution in [0.25, 0.3) is 5.82 Å². The minimum absolute atomic E-state index is 0.230. The maximum atomic E-state index is 12.4. The first-order valence-electron chi connectivity index (χ1n) is 4.97. The molecule has 0 aliphatic heterocycles. The van der Waals surface area contributed by atoms with Gasteiger partial charge in [-0.15, -0.1) is 0 Å². The molecule has 0 fully saturated rings. The molecule has 0 saturated heterocycles. The van der Waals surface area contributed by atoms with Gasteiger partial charge in [-0.1, -0.05) is 0 Å². The minimum atomic E-state index is -4.42. The van der Waals surface area contributed by atoms with E-state index in [-0.39, 0.29) is 5.82 Å². The summed E-state index contributed by atoms with van der Waals surface area (Å²) in [5, 5.41) is 3.89. The van der Waals surface area contributed by atoms with Gasteiger partial charge in [0.2, 0.25) is 0 Å². The van der Waals surface area contributed by atoms with Gasteiger partial charge in [0.25, 0.3) is 0 Å². The zero-order valence-corrected chi connectivity index (χ0v) is 9.27. The molecule has 7 heteroatoms. The van der Waals surface area contributed by atoms with Crippen molar-refractivity contribution in [3.63, 3.8) is 0 Å². The van der Waals surface area contributed by atoms with Gasteiger partial charge in [0.15, 0.2) is 12.1 Å². The third-order valence-corrected chi connectivity index (χ3v) is 2.47. The largest absolute Gasteiger partial charge is 0.417 e. The van der Waals surface area contributed by atoms with Gasteiger partial charge in [-0.25, -0.2) is 9.67 Å². The Morgan fingerprint density at radius 1 is 1.28 bits per heavy atom. The molecule has 0 aromatic carbocycles. The molecule has 4 nitrogen and oxygen atoms in total. The normalized spacial score (nSPS) is 11.6. The van der Waals surface area contributed by atoms with Crippen LogP contribution < -0.4 is 0 Å². The third-order valence-electron chi connectivity index (χ3n) is 2.47. The average molecular weight is 255 g/mol. The Morgan fingerprint density at radius 2 is 2.00 bits per heavy atom. The zero-order chi connectivity index (χ0) is 13.3. The van der Waals surface area contributed by atoms with E-state index in [1.165, 1.54) is 16.9 Å². The fourth-order valence-corrected chi connectivity index (χ4v) is 1.45. The molecule has 0 radical (unpaired) electrons. The molecular formula is C11H8F3N3O. The first-order chi connectivity index (χ1) is 8.43. The summed E-state index contributed by atoms with van der Waals surface area (Å²) in [5.41, 5.74) is 0.0700. The second-order valence-corrected chi connectivity index (χ2v) is 3.62. The fraction of sp³-hybridized carbons (Fsp3) is 0.182. The van der Waals surface area contributed by atoms with E-state index in [0.29, 0.717) is 17.5 Å². The molecule has 0 bridgehead atoms. The number of carbonyl (C=O) groups excluding carboxylic acids is 1. The highest BCUT2D eigenvalue weighted by molar-refractivity contribution is 5.76. The number of nitrogens with zero attached hydrogens (tertiary/aromatic N) is 3. The van der Waals surface area contributed by atoms with Crippen molar-refractivity contribution in [3.8, 4) is 5.82 Å². The van der Waals surface area contributed by atoms with Gasteiger partial charge in [0, 0.05) is 6.20 Å². The second kappa shape index (κ2) is 4.25. The van der Waals surface area contributed by atoms with Crippen LogP contribution in [-0.4, -0.2) is 21.1 Å². The maximum Gasteiger partial charge on any atom is 0.417 e. The quantitative estimate of drug-likeness (QED) is 0.774. The fourth-order valence-electron chi connectivity index (χ4n) is 1.45. The number of aldehydes is 1. The zero-order valence-electron chi connectivity index (χ0n) is 9.27. The Bertz CT molecular complexity index is 572. The van der Waals surface area contributed by atoms with E-state index in [1.807, 2.05) is 0 Å². The van der Waals surface area contributed by atoms with Crippen LogP contribution in [0.1, 0.15) is 21.6 Å². The SMILES string of the molecule is Cc1c(C=O)cnn1-c1ccc(C(F)(F)F)cn1. The maximum absolute atomic E-state index is 12.4. The summed E-state index contributed by atoms with van der Waals surface area (Å²) < 4.78 is 38.4. The van der Waals surface area contributed by atoms with E-state index in [2.05, 4.69) is 10.1 Å². The summed E-state index contributed by atoms with van der Waals surface area (Å²) in [7, 11) is 0. The Morgan fingerprint density at radius 3 is 2.44 bits per heavy atom. The van der Waals surface area contributed by atoms with Crippen molar-refractivity contribution in [2.75, 3.05) is 0 Å². The number of rotatable bonds is 2. The van der Waals surface area contributed by atoms with E-state index < -0.39 is 11.7 Å². The summed E-state index contributed by atoms with van der Waals surface area (Å²) in [6.07, 6.45) is -1.72. The predicted octanol–water partition coefficient (Wildman–Crippen LogP) is 2.41. The van der Waals surface area contributed by atoms with Crippen LogP contribution in [-0.2, 0) is 6.18 Å². The average Bonchev–Trinajstić information content (AvgIpc) is 2.69. The molecule has 2 heterocycles. The lowest BCUT2D eigenvalue weighted by Gasteiger charge is -2.07. The summed E-state index contributed by atoms with van der Waals surface area (Å²) in [6, 6.07) is 2.13. The molecule has 0 saturated carbocycles. The number of halogens is 3. The third kappa shape index (κ3) is 2.11. The van der Waals surface area contributed by atoms with Crippen LogP contribution in [0.15, 0.2) is 24.5 Å². The topological polar surface area (TPSA) is 47.8 Å². The summed E-state index contributed by atoms with van der Waals surface area (Å²) in [4.78, 5) is 14.3. The van der Waals surface area contributed by atoms with Gasteiger partial charge >= 0.3 is 6.18 Å². The number of alkyl halides is 3. The molecule has 18 heavy (non-hydrogen) atoms. The lowest BCUT2D eigenvalue weighted by Crippen LogP contribution is -2.08. The van der Waals surface area contributed by atoms with Gasteiger partial charge in [0.05, 0.1) is 23.0 Å². The minimum Gasteiger partial charge on any atom is -0.298 e. The number of hydrogen-bond donors (Lipinski definition) is 0. The summed E-state index contributed by atoms with van der Waals surface area (Å²) in [6.45, 7) is 1.64. The van der Waals surface area contributed by atoms with Crippen molar-refractivity contribution in [1.29, 1.82) is 0 Å². The van der Waals surface area contributed by atoms with Gasteiger partial charge in [0.1, 0.15) is 0 Å². The van der Waals surface area contributed by atoms with Crippen LogP contribution in [0, 0.1) is 6.92 Å². The lowest BCUT2D eigenvalue weighted by atomic mass is 10.2. The monoisotopic (exact) mass is 255 g/mol. The molecule has 0 spiro atoms. The smallest absolute Gasteiger partial charge is 0.298 e. The summed E-state index contributed by atoms with van der Waals surface area (Å²) in [5.74, 6) is 0.230. The van der Waals surface area contributed by atoms with Crippen LogP contribution >= 0.6 is 0 Å². The van der Waals surface area contributed by atoms with Crippen LogP contribution in [0.3, 0.4) is 0 Å². The van der Waals surface area contributed by atoms with E-state index in [4.69, 9.17) is 0 Å². The highest BCUT2D eigenvalue weighted by Crippen LogP contribution is 2.28. The molecule has 0 aliphatic rings. The van der Waals surface area contributed by atoms with Crippen LogP contribution in [0.4, 0.5) is 13.2 Å². The number of carbonyl (C=O) groups is 1. The number of hydrogen-bond acceptors (Lipinski definition) is 3. The van der Waals surface area contributed by atoms with Crippen molar-refractivity contribution in [1.82, 2.24) is 14.8 Å². The molecule has 0 atom stereocenters. The Kier molecular flexibility index (Phi) is 2.90. The van der Waals surface area contributed by atoms with Gasteiger partial charge < -0.3 is 0 Å². The predicted molar refractivity (Wildman–Crippen MR) is 56.5 cm³/mol. The van der Waals surface area contributed by atoms with Crippen molar-refractivity contribution in [2.24, 2.45) is 0 Å². The standard InChI is InChI=1S/C11H8F3N3O/c1-7-8(6-18)4-16-17(7)10-3-2-9(5-15-10)11(12,13)14/h2-6H,1H3. The lowest BCUT2D eigenvalue weighted by molar-refractivity contribution is -0.137. The molecule has 0 N–H and O–H groups in total. The molecule has 0 aliphatic carbocycles. The van der Waals surface area contributed by atoms with Gasteiger partial charge in [-0.3, -0.25) is 4.79 Å². The molecule has 0 amide bonds. The van der Waals surface area contributed by atoms with E-state index in [1.54, 1.807) is 6.92 Å². The molecule has 2 aromatic rings. The van der Waals surface area contributed by atoms with E-state index in [9.17, 15) is 18.0 Å². The first kappa shape index (κ1) is 12.3. The van der Waals surface area contributed by atoms with E-state index >= 15 is 0 Å². The Balaban J connectivity index is 2.40. The molecule has 2 rings (SSSR count). The van der Waals surface area contributed by atoms with E-state index in [0.717, 1.165) is 12.3 Å². The number of pyridine rings is 1. The highest BCUT2D eigenvalue weighted by atomic mass is 19.4. The highest BCUT2D eigenvalue weighted by Gasteiger charge is 2.30. The first-order valence-corrected chi connectivity index (χ1v) is 4.97. The van der Waals surface area contributed by atoms with Gasteiger partial charge in [-0.05, 0) is 19.1 Å². The van der Waals surface area contributed by atoms with Crippen LogP contribution in [0.5, 0.6) is 0 Å². The second-order valence-electron chi connectivity index (χ2n) is 3.62. The van der Waals surface area contributed by atoms with Crippen LogP contribution in [0.2, 0.25) is 0 Å². The van der Waals surface area contributed by atoms with Gasteiger partial charge in [-0.2, -0.15) is 18.3 Å². The van der Waals surface area contributed by atoms with Crippen molar-refractivity contribution in [3.05, 3.63) is 41.3 Å². The van der Waals surface area contributed by atoms with Crippen molar-refractivity contribution in [2.45, 2.75) is 13.1 Å². The number of aromatic nitrogens is 3. The molecule has 2 aromatic heterocycles. The Hall–Kier alpha value is -2.18. The summed E-state index contributed by atoms with van der Waals surface area (Å²) >= 11 is 0. The molecule has 0 unspecified atom stereocenters. The molecular weight excluding hydrogens is 247 g/mol. The van der Waals surface area contributed by atoms with Crippen molar-refractivity contribution < 1.29 is 18.0 Å². The molecule has 94 valence electrons.